The summed E-state index contributed by atoms with van der Waals surface area (Å²) in [4.78, 5) is 0.286. The van der Waals surface area contributed by atoms with Gasteiger partial charge in [0.05, 0.1) is 10.4 Å². The minimum atomic E-state index is -4.71. The third kappa shape index (κ3) is 5.26. The predicted molar refractivity (Wildman–Crippen MR) is 112 cm³/mol. The molecule has 0 amide bonds. The van der Waals surface area contributed by atoms with Crippen molar-refractivity contribution in [3.05, 3.63) is 69.9 Å². The van der Waals surface area contributed by atoms with E-state index in [1.807, 2.05) is 13.0 Å². The normalized spacial score (nSPS) is 12.3. The summed E-state index contributed by atoms with van der Waals surface area (Å²) < 4.78 is 90.0. The fourth-order valence-electron chi connectivity index (χ4n) is 3.50. The van der Waals surface area contributed by atoms with E-state index in [2.05, 4.69) is 4.37 Å². The fourth-order valence-corrected chi connectivity index (χ4v) is 4.49. The fraction of sp³-hybridized carbons (Fsp3) is 0.348. The smallest absolute Gasteiger partial charge is 0.434 e. The second-order valence-corrected chi connectivity index (χ2v) is 8.28. The van der Waals surface area contributed by atoms with Gasteiger partial charge in [-0.3, -0.25) is 0 Å². The zero-order valence-corrected chi connectivity index (χ0v) is 18.4. The molecule has 0 fully saturated rings. The Kier molecular flexibility index (Phi) is 6.88. The molecule has 2 aromatic carbocycles. The molecule has 9 heteroatoms. The molecule has 0 unspecified atom stereocenters. The van der Waals surface area contributed by atoms with Crippen LogP contribution in [0.3, 0.4) is 0 Å². The van der Waals surface area contributed by atoms with Crippen molar-refractivity contribution < 1.29 is 31.1 Å². The van der Waals surface area contributed by atoms with Gasteiger partial charge in [0.25, 0.3) is 0 Å². The zero-order chi connectivity index (χ0) is 23.7. The van der Waals surface area contributed by atoms with Gasteiger partial charge in [-0.2, -0.15) is 30.7 Å². The Morgan fingerprint density at radius 1 is 0.938 bits per heavy atom. The summed E-state index contributed by atoms with van der Waals surface area (Å²) in [6.45, 7) is 4.86. The molecule has 0 saturated carbocycles. The first kappa shape index (κ1) is 24.1. The topological polar surface area (TPSA) is 22.1 Å². The van der Waals surface area contributed by atoms with Crippen LogP contribution in [-0.2, 0) is 25.4 Å². The highest BCUT2D eigenvalue weighted by molar-refractivity contribution is 7.09. The number of benzene rings is 2. The molecular formula is C23H21F6NOS. The van der Waals surface area contributed by atoms with Crippen LogP contribution in [0.1, 0.15) is 46.9 Å². The van der Waals surface area contributed by atoms with Crippen LogP contribution in [0.2, 0.25) is 0 Å². The van der Waals surface area contributed by atoms with E-state index in [0.29, 0.717) is 23.5 Å². The number of nitrogens with zero attached hydrogens (tertiary/aromatic N) is 1. The molecule has 0 saturated heterocycles. The van der Waals surface area contributed by atoms with E-state index < -0.39 is 30.2 Å². The minimum absolute atomic E-state index is 0.122. The van der Waals surface area contributed by atoms with Gasteiger partial charge in [0.1, 0.15) is 12.4 Å². The predicted octanol–water partition coefficient (Wildman–Crippen LogP) is 8.00. The van der Waals surface area contributed by atoms with E-state index in [0.717, 1.165) is 17.2 Å². The van der Waals surface area contributed by atoms with Gasteiger partial charge in [-0.15, -0.1) is 0 Å². The molecule has 0 aliphatic heterocycles. The molecule has 0 aliphatic rings. The van der Waals surface area contributed by atoms with Crippen LogP contribution in [0.15, 0.2) is 36.4 Å². The van der Waals surface area contributed by atoms with E-state index >= 15 is 0 Å². The quantitative estimate of drug-likeness (QED) is 0.339. The summed E-state index contributed by atoms with van der Waals surface area (Å²) >= 11 is 0.698. The van der Waals surface area contributed by atoms with E-state index in [9.17, 15) is 26.3 Å². The highest BCUT2D eigenvalue weighted by Crippen LogP contribution is 2.41. The van der Waals surface area contributed by atoms with Gasteiger partial charge in [-0.25, -0.2) is 0 Å². The molecule has 0 N–H and O–H groups in total. The number of hydrogen-bond donors (Lipinski definition) is 0. The first-order chi connectivity index (χ1) is 14.9. The summed E-state index contributed by atoms with van der Waals surface area (Å²) in [5, 5.41) is 0. The summed E-state index contributed by atoms with van der Waals surface area (Å²) in [5.41, 5.74) is 0.305. The van der Waals surface area contributed by atoms with Crippen molar-refractivity contribution in [3.63, 3.8) is 0 Å². The monoisotopic (exact) mass is 473 g/mol. The molecule has 1 heterocycles. The molecule has 0 aliphatic carbocycles. The first-order valence-electron chi connectivity index (χ1n) is 9.88. The maximum atomic E-state index is 13.6. The minimum Gasteiger partial charge on any atom is -0.489 e. The summed E-state index contributed by atoms with van der Waals surface area (Å²) in [6, 6.07) is 8.84. The molecular weight excluding hydrogens is 452 g/mol. The summed E-state index contributed by atoms with van der Waals surface area (Å²) in [7, 11) is 0. The van der Waals surface area contributed by atoms with Crippen molar-refractivity contribution >= 4 is 11.5 Å². The highest BCUT2D eigenvalue weighted by atomic mass is 32.1. The third-order valence-corrected chi connectivity index (χ3v) is 5.90. The number of aryl methyl sites for hydroxylation is 3. The van der Waals surface area contributed by atoms with Gasteiger partial charge in [-0.1, -0.05) is 43.2 Å². The lowest BCUT2D eigenvalue weighted by Gasteiger charge is -2.16. The molecule has 1 aromatic heterocycles. The zero-order valence-electron chi connectivity index (χ0n) is 17.6. The summed E-state index contributed by atoms with van der Waals surface area (Å²) in [6.07, 6.45) is -8.54. The first-order valence-corrected chi connectivity index (χ1v) is 10.7. The summed E-state index contributed by atoms with van der Waals surface area (Å²) in [5.74, 6) is -0.150. The van der Waals surface area contributed by atoms with Crippen molar-refractivity contribution in [2.45, 2.75) is 52.6 Å². The van der Waals surface area contributed by atoms with Gasteiger partial charge < -0.3 is 4.74 Å². The van der Waals surface area contributed by atoms with E-state index in [1.165, 1.54) is 12.1 Å². The average Bonchev–Trinajstić information content (AvgIpc) is 3.10. The van der Waals surface area contributed by atoms with Crippen molar-refractivity contribution in [1.82, 2.24) is 4.37 Å². The average molecular weight is 473 g/mol. The van der Waals surface area contributed by atoms with Crippen molar-refractivity contribution in [1.29, 1.82) is 0 Å². The largest absolute Gasteiger partial charge is 0.489 e. The third-order valence-electron chi connectivity index (χ3n) is 4.97. The molecule has 32 heavy (non-hydrogen) atoms. The maximum Gasteiger partial charge on any atom is 0.434 e. The van der Waals surface area contributed by atoms with E-state index in [1.54, 1.807) is 26.0 Å². The van der Waals surface area contributed by atoms with E-state index in [4.69, 9.17) is 4.74 Å². The van der Waals surface area contributed by atoms with Gasteiger partial charge in [0, 0.05) is 5.56 Å². The molecule has 0 bridgehead atoms. The van der Waals surface area contributed by atoms with Crippen molar-refractivity contribution in [2.24, 2.45) is 0 Å². The van der Waals surface area contributed by atoms with Crippen LogP contribution < -0.4 is 4.74 Å². The lowest BCUT2D eigenvalue weighted by atomic mass is 10.0. The Morgan fingerprint density at radius 2 is 1.66 bits per heavy atom. The Balaban J connectivity index is 1.99. The second-order valence-electron chi connectivity index (χ2n) is 7.51. The van der Waals surface area contributed by atoms with Crippen LogP contribution in [-0.4, -0.2) is 4.37 Å². The Labute approximate surface area is 186 Å². The molecule has 3 rings (SSSR count). The van der Waals surface area contributed by atoms with Crippen LogP contribution >= 0.6 is 11.5 Å². The van der Waals surface area contributed by atoms with Crippen molar-refractivity contribution in [2.75, 3.05) is 0 Å². The molecule has 0 radical (unpaired) electrons. The van der Waals surface area contributed by atoms with E-state index in [-0.39, 0.29) is 28.2 Å². The number of hydrogen-bond acceptors (Lipinski definition) is 3. The maximum absolute atomic E-state index is 13.6. The van der Waals surface area contributed by atoms with Gasteiger partial charge in [-0.05, 0) is 60.6 Å². The number of aromatic nitrogens is 1. The molecule has 3 aromatic rings. The van der Waals surface area contributed by atoms with Crippen LogP contribution in [0, 0.1) is 13.8 Å². The van der Waals surface area contributed by atoms with Gasteiger partial charge in [0.2, 0.25) is 0 Å². The SMILES string of the molecule is CCCc1ccc(OCc2c(C(F)(F)F)nsc2-c2ccc(C)cc2C)cc1C(F)(F)F. The van der Waals surface area contributed by atoms with Gasteiger partial charge >= 0.3 is 12.4 Å². The number of alkyl halides is 6. The lowest BCUT2D eigenvalue weighted by Crippen LogP contribution is -2.12. The molecule has 2 nitrogen and oxygen atoms in total. The highest BCUT2D eigenvalue weighted by Gasteiger charge is 2.39. The molecule has 0 atom stereocenters. The molecule has 172 valence electrons. The Morgan fingerprint density at radius 3 is 2.25 bits per heavy atom. The van der Waals surface area contributed by atoms with Crippen LogP contribution in [0.25, 0.3) is 10.4 Å². The Bertz CT molecular complexity index is 1100. The number of rotatable bonds is 6. The lowest BCUT2D eigenvalue weighted by molar-refractivity contribution is -0.141. The standard InChI is InChI=1S/C23H21F6NOS/c1-4-5-15-7-8-16(11-19(15)22(24,25)26)31-12-18-20(32-30-21(18)23(27,28)29)17-9-6-13(2)10-14(17)3/h6-11H,4-5,12H2,1-3H3. The van der Waals surface area contributed by atoms with Crippen LogP contribution in [0.4, 0.5) is 26.3 Å². The number of ether oxygens (including phenoxy) is 1. The Hall–Kier alpha value is -2.55. The van der Waals surface area contributed by atoms with Crippen molar-refractivity contribution in [3.8, 4) is 16.2 Å². The second kappa shape index (κ2) is 9.13. The number of halogens is 6. The van der Waals surface area contributed by atoms with Gasteiger partial charge in [0.15, 0.2) is 5.69 Å². The van der Waals surface area contributed by atoms with Crippen LogP contribution in [0.5, 0.6) is 5.75 Å². The molecule has 0 spiro atoms.